The molecule has 0 radical (unpaired) electrons. The third-order valence-electron chi connectivity index (χ3n) is 3.65. The van der Waals surface area contributed by atoms with E-state index in [0.717, 1.165) is 29.7 Å². The van der Waals surface area contributed by atoms with Gasteiger partial charge in [-0.3, -0.25) is 9.59 Å². The summed E-state index contributed by atoms with van der Waals surface area (Å²) in [5, 5.41) is 0. The van der Waals surface area contributed by atoms with E-state index in [9.17, 15) is 9.59 Å². The molecule has 1 saturated carbocycles. The Bertz CT molecular complexity index is 493. The van der Waals surface area contributed by atoms with Crippen molar-refractivity contribution in [1.82, 2.24) is 0 Å². The van der Waals surface area contributed by atoms with E-state index < -0.39 is 0 Å². The van der Waals surface area contributed by atoms with Crippen LogP contribution in [0.1, 0.15) is 30.4 Å². The summed E-state index contributed by atoms with van der Waals surface area (Å²) in [6.07, 6.45) is 2.14. The van der Waals surface area contributed by atoms with E-state index in [-0.39, 0.29) is 23.6 Å². The van der Waals surface area contributed by atoms with Crippen LogP contribution in [0.25, 0.3) is 0 Å². The molecule has 0 saturated heterocycles. The summed E-state index contributed by atoms with van der Waals surface area (Å²) in [5.41, 5.74) is 2.84. The van der Waals surface area contributed by atoms with Gasteiger partial charge < -0.3 is 4.90 Å². The van der Waals surface area contributed by atoms with Crippen molar-refractivity contribution in [2.75, 3.05) is 10.8 Å². The second-order valence-electron chi connectivity index (χ2n) is 5.01. The Kier molecular flexibility index (Phi) is 4.25. The first-order valence-electron chi connectivity index (χ1n) is 6.53. The predicted molar refractivity (Wildman–Crippen MR) is 76.8 cm³/mol. The quantitative estimate of drug-likeness (QED) is 0.798. The minimum Gasteiger partial charge on any atom is -0.300 e. The topological polar surface area (TPSA) is 37.4 Å². The molecule has 0 aliphatic heterocycles. The Labute approximate surface area is 118 Å². The van der Waals surface area contributed by atoms with Crippen LogP contribution >= 0.6 is 11.6 Å². The SMILES string of the molecule is Cc1cccc(C)c1N(C(=O)CCl)C1CCCC1=O. The highest BCUT2D eigenvalue weighted by Gasteiger charge is 2.35. The molecule has 1 unspecified atom stereocenters. The lowest BCUT2D eigenvalue weighted by Crippen LogP contribution is -2.44. The Hall–Kier alpha value is -1.35. The summed E-state index contributed by atoms with van der Waals surface area (Å²) in [5.74, 6) is -0.155. The number of ketones is 1. The number of carbonyl (C=O) groups excluding carboxylic acids is 2. The summed E-state index contributed by atoms with van der Waals surface area (Å²) in [4.78, 5) is 25.8. The van der Waals surface area contributed by atoms with Crippen molar-refractivity contribution in [2.45, 2.75) is 39.2 Å². The lowest BCUT2D eigenvalue weighted by molar-refractivity contribution is -0.122. The maximum atomic E-state index is 12.2. The van der Waals surface area contributed by atoms with Gasteiger partial charge in [-0.05, 0) is 37.8 Å². The molecule has 1 fully saturated rings. The Morgan fingerprint density at radius 1 is 1.37 bits per heavy atom. The summed E-state index contributed by atoms with van der Waals surface area (Å²) < 4.78 is 0. The second kappa shape index (κ2) is 5.74. The van der Waals surface area contributed by atoms with E-state index in [1.54, 1.807) is 4.90 Å². The molecule has 102 valence electrons. The average Bonchev–Trinajstić information content (AvgIpc) is 2.79. The van der Waals surface area contributed by atoms with Crippen molar-refractivity contribution in [3.05, 3.63) is 29.3 Å². The van der Waals surface area contributed by atoms with E-state index in [1.807, 2.05) is 32.0 Å². The van der Waals surface area contributed by atoms with Crippen molar-refractivity contribution < 1.29 is 9.59 Å². The van der Waals surface area contributed by atoms with Gasteiger partial charge in [-0.1, -0.05) is 18.2 Å². The number of hydrogen-bond donors (Lipinski definition) is 0. The summed E-state index contributed by atoms with van der Waals surface area (Å²) in [7, 11) is 0. The van der Waals surface area contributed by atoms with Crippen molar-refractivity contribution in [3.63, 3.8) is 0 Å². The molecule has 1 aliphatic rings. The number of rotatable bonds is 3. The maximum absolute atomic E-state index is 12.2. The third kappa shape index (κ3) is 2.66. The Balaban J connectivity index is 2.49. The van der Waals surface area contributed by atoms with Crippen LogP contribution in [-0.2, 0) is 9.59 Å². The van der Waals surface area contributed by atoms with Crippen LogP contribution in [-0.4, -0.2) is 23.6 Å². The van der Waals surface area contributed by atoms with Gasteiger partial charge in [0.15, 0.2) is 5.78 Å². The number of halogens is 1. The summed E-state index contributed by atoms with van der Waals surface area (Å²) in [6, 6.07) is 5.52. The number of hydrogen-bond acceptors (Lipinski definition) is 2. The molecule has 1 aromatic rings. The Morgan fingerprint density at radius 3 is 2.47 bits per heavy atom. The van der Waals surface area contributed by atoms with Crippen molar-refractivity contribution in [1.29, 1.82) is 0 Å². The normalized spacial score (nSPS) is 18.7. The molecule has 1 aromatic carbocycles. The lowest BCUT2D eigenvalue weighted by Gasteiger charge is -2.30. The molecule has 2 rings (SSSR count). The predicted octanol–water partition coefficient (Wildman–Crippen LogP) is 3.00. The fourth-order valence-corrected chi connectivity index (χ4v) is 2.90. The molecule has 1 amide bonds. The number of Topliss-reactive ketones (excluding diaryl/α,β-unsaturated/α-hetero) is 1. The smallest absolute Gasteiger partial charge is 0.242 e. The molecule has 3 nitrogen and oxygen atoms in total. The van der Waals surface area contributed by atoms with Gasteiger partial charge in [0.25, 0.3) is 0 Å². The largest absolute Gasteiger partial charge is 0.300 e. The van der Waals surface area contributed by atoms with Crippen LogP contribution in [0.15, 0.2) is 18.2 Å². The van der Waals surface area contributed by atoms with Gasteiger partial charge in [0, 0.05) is 6.42 Å². The van der Waals surface area contributed by atoms with Crippen molar-refractivity contribution >= 4 is 29.0 Å². The standard InChI is InChI=1S/C15H18ClNO2/c1-10-5-3-6-11(2)15(10)17(14(19)9-16)12-7-4-8-13(12)18/h3,5-6,12H,4,7-9H2,1-2H3. The number of amides is 1. The zero-order valence-corrected chi connectivity index (χ0v) is 12.0. The van der Waals surface area contributed by atoms with E-state index in [1.165, 1.54) is 0 Å². The van der Waals surface area contributed by atoms with E-state index in [0.29, 0.717) is 6.42 Å². The van der Waals surface area contributed by atoms with E-state index in [2.05, 4.69) is 0 Å². The van der Waals surface area contributed by atoms with Gasteiger partial charge in [-0.25, -0.2) is 0 Å². The van der Waals surface area contributed by atoms with Gasteiger partial charge >= 0.3 is 0 Å². The van der Waals surface area contributed by atoms with Gasteiger partial charge in [0.2, 0.25) is 5.91 Å². The average molecular weight is 280 g/mol. The molecule has 0 spiro atoms. The van der Waals surface area contributed by atoms with Crippen LogP contribution in [0.2, 0.25) is 0 Å². The molecule has 0 N–H and O–H groups in total. The van der Waals surface area contributed by atoms with Crippen LogP contribution in [0.4, 0.5) is 5.69 Å². The fraction of sp³-hybridized carbons (Fsp3) is 0.467. The molecule has 19 heavy (non-hydrogen) atoms. The number of benzene rings is 1. The first-order valence-corrected chi connectivity index (χ1v) is 7.06. The number of aryl methyl sites for hydroxylation is 2. The Morgan fingerprint density at radius 2 is 2.00 bits per heavy atom. The van der Waals surface area contributed by atoms with Crippen LogP contribution in [0.3, 0.4) is 0 Å². The first kappa shape index (κ1) is 14.1. The number of anilines is 1. The fourth-order valence-electron chi connectivity index (χ4n) is 2.77. The zero-order chi connectivity index (χ0) is 14.0. The molecular weight excluding hydrogens is 262 g/mol. The molecule has 0 heterocycles. The summed E-state index contributed by atoms with van der Waals surface area (Å²) in [6.45, 7) is 3.91. The highest BCUT2D eigenvalue weighted by Crippen LogP contribution is 2.31. The number of carbonyl (C=O) groups is 2. The molecule has 4 heteroatoms. The summed E-state index contributed by atoms with van der Waals surface area (Å²) >= 11 is 5.72. The second-order valence-corrected chi connectivity index (χ2v) is 5.28. The molecule has 0 bridgehead atoms. The van der Waals surface area contributed by atoms with Gasteiger partial charge in [-0.2, -0.15) is 0 Å². The number of nitrogens with zero attached hydrogens (tertiary/aromatic N) is 1. The van der Waals surface area contributed by atoms with Gasteiger partial charge in [-0.15, -0.1) is 11.6 Å². The maximum Gasteiger partial charge on any atom is 0.242 e. The monoisotopic (exact) mass is 279 g/mol. The van der Waals surface area contributed by atoms with E-state index >= 15 is 0 Å². The van der Waals surface area contributed by atoms with Gasteiger partial charge in [0.05, 0.1) is 11.7 Å². The first-order chi connectivity index (χ1) is 9.06. The van der Waals surface area contributed by atoms with Crippen LogP contribution in [0, 0.1) is 13.8 Å². The van der Waals surface area contributed by atoms with Crippen LogP contribution in [0.5, 0.6) is 0 Å². The highest BCUT2D eigenvalue weighted by molar-refractivity contribution is 6.30. The van der Waals surface area contributed by atoms with Gasteiger partial charge in [0.1, 0.15) is 5.88 Å². The minimum atomic E-state index is -0.342. The van der Waals surface area contributed by atoms with Crippen LogP contribution < -0.4 is 4.90 Å². The number of para-hydroxylation sites is 1. The molecule has 0 aromatic heterocycles. The molecule has 1 aliphatic carbocycles. The van der Waals surface area contributed by atoms with Crippen molar-refractivity contribution in [2.24, 2.45) is 0 Å². The third-order valence-corrected chi connectivity index (χ3v) is 3.88. The lowest BCUT2D eigenvalue weighted by atomic mass is 10.0. The van der Waals surface area contributed by atoms with E-state index in [4.69, 9.17) is 11.6 Å². The van der Waals surface area contributed by atoms with Crippen molar-refractivity contribution in [3.8, 4) is 0 Å². The minimum absolute atomic E-state index is 0.0996. The molecular formula is C15H18ClNO2. The zero-order valence-electron chi connectivity index (χ0n) is 11.3. The highest BCUT2D eigenvalue weighted by atomic mass is 35.5. The molecule has 1 atom stereocenters. The number of alkyl halides is 1.